The van der Waals surface area contributed by atoms with E-state index in [1.54, 1.807) is 7.11 Å². The zero-order valence-electron chi connectivity index (χ0n) is 12.2. The van der Waals surface area contributed by atoms with Crippen molar-refractivity contribution in [2.24, 2.45) is 10.7 Å². The maximum Gasteiger partial charge on any atom is 0.188 e. The maximum atomic E-state index is 5.68. The number of hydrogen-bond donors (Lipinski definition) is 2. The van der Waals surface area contributed by atoms with Crippen LogP contribution in [0.25, 0.3) is 0 Å². The summed E-state index contributed by atoms with van der Waals surface area (Å²) < 4.78 is 10.6. The van der Waals surface area contributed by atoms with Crippen molar-refractivity contribution in [1.82, 2.24) is 5.32 Å². The Morgan fingerprint density at radius 2 is 2.05 bits per heavy atom. The van der Waals surface area contributed by atoms with Gasteiger partial charge in [-0.25, -0.2) is 4.99 Å². The van der Waals surface area contributed by atoms with Gasteiger partial charge in [0.2, 0.25) is 0 Å². The van der Waals surface area contributed by atoms with Crippen LogP contribution in [-0.4, -0.2) is 32.8 Å². The third-order valence-corrected chi connectivity index (χ3v) is 2.50. The van der Waals surface area contributed by atoms with Crippen LogP contribution in [0.2, 0.25) is 0 Å². The summed E-state index contributed by atoms with van der Waals surface area (Å²) in [6.45, 7) is 7.97. The van der Waals surface area contributed by atoms with Crippen molar-refractivity contribution in [3.63, 3.8) is 0 Å². The van der Waals surface area contributed by atoms with Gasteiger partial charge in [0.15, 0.2) is 5.96 Å². The Morgan fingerprint density at radius 3 is 2.65 bits per heavy atom. The first-order chi connectivity index (χ1) is 9.61. The quantitative estimate of drug-likeness (QED) is 0.328. The molecule has 0 radical (unpaired) electrons. The monoisotopic (exact) mass is 277 g/mol. The normalized spacial score (nSPS) is 11.2. The third-order valence-electron chi connectivity index (χ3n) is 2.50. The lowest BCUT2D eigenvalue weighted by Gasteiger charge is -2.07. The largest absolute Gasteiger partial charge is 0.497 e. The summed E-state index contributed by atoms with van der Waals surface area (Å²) >= 11 is 0. The second kappa shape index (κ2) is 8.98. The number of aliphatic imine (C=N–C) groups is 1. The molecule has 0 fully saturated rings. The van der Waals surface area contributed by atoms with E-state index in [1.807, 2.05) is 31.2 Å². The van der Waals surface area contributed by atoms with Gasteiger partial charge < -0.3 is 20.5 Å². The first-order valence-corrected chi connectivity index (χ1v) is 6.50. The Morgan fingerprint density at radius 1 is 1.35 bits per heavy atom. The van der Waals surface area contributed by atoms with Crippen molar-refractivity contribution >= 4 is 5.96 Å². The van der Waals surface area contributed by atoms with Crippen molar-refractivity contribution in [2.45, 2.75) is 13.5 Å². The smallest absolute Gasteiger partial charge is 0.188 e. The summed E-state index contributed by atoms with van der Waals surface area (Å²) in [4.78, 5) is 4.11. The molecule has 3 N–H and O–H groups in total. The summed E-state index contributed by atoms with van der Waals surface area (Å²) in [5.41, 5.74) is 7.76. The van der Waals surface area contributed by atoms with Crippen molar-refractivity contribution in [3.8, 4) is 5.75 Å². The van der Waals surface area contributed by atoms with Gasteiger partial charge in [-0.05, 0) is 24.6 Å². The number of hydrogen-bond acceptors (Lipinski definition) is 3. The highest BCUT2D eigenvalue weighted by Gasteiger charge is 1.96. The zero-order valence-corrected chi connectivity index (χ0v) is 12.2. The van der Waals surface area contributed by atoms with Crippen molar-refractivity contribution in [1.29, 1.82) is 0 Å². The topological polar surface area (TPSA) is 68.9 Å². The minimum Gasteiger partial charge on any atom is -0.497 e. The molecule has 0 aromatic heterocycles. The summed E-state index contributed by atoms with van der Waals surface area (Å²) in [7, 11) is 1.65. The highest BCUT2D eigenvalue weighted by Crippen LogP contribution is 2.11. The van der Waals surface area contributed by atoms with E-state index in [2.05, 4.69) is 16.9 Å². The molecule has 0 atom stereocenters. The van der Waals surface area contributed by atoms with E-state index in [-0.39, 0.29) is 0 Å². The number of benzene rings is 1. The number of nitrogens with one attached hydrogen (secondary N) is 1. The van der Waals surface area contributed by atoms with Crippen LogP contribution in [0.3, 0.4) is 0 Å². The van der Waals surface area contributed by atoms with Crippen molar-refractivity contribution in [2.75, 3.05) is 26.8 Å². The van der Waals surface area contributed by atoms with Crippen LogP contribution in [0.15, 0.2) is 41.4 Å². The van der Waals surface area contributed by atoms with Gasteiger partial charge in [0, 0.05) is 6.54 Å². The molecule has 0 saturated carbocycles. The van der Waals surface area contributed by atoms with Gasteiger partial charge >= 0.3 is 0 Å². The third kappa shape index (κ3) is 6.80. The second-order valence-electron chi connectivity index (χ2n) is 4.49. The Hall–Kier alpha value is -2.01. The fourth-order valence-electron chi connectivity index (χ4n) is 1.44. The van der Waals surface area contributed by atoms with E-state index in [9.17, 15) is 0 Å². The van der Waals surface area contributed by atoms with Crippen LogP contribution in [-0.2, 0) is 11.3 Å². The van der Waals surface area contributed by atoms with Gasteiger partial charge in [-0.2, -0.15) is 0 Å². The Labute approximate surface area is 120 Å². The summed E-state index contributed by atoms with van der Waals surface area (Å²) in [6.07, 6.45) is 0. The standard InChI is InChI=1S/C15H23N3O2/c1-12(2)10-18-15(16)17-8-9-20-11-13-4-6-14(19-3)7-5-13/h4-7H,1,8-11H2,2-3H3,(H3,16,17,18). The van der Waals surface area contributed by atoms with Gasteiger partial charge in [-0.1, -0.05) is 24.3 Å². The van der Waals surface area contributed by atoms with Crippen LogP contribution in [0.5, 0.6) is 5.75 Å². The molecule has 5 heteroatoms. The molecular weight excluding hydrogens is 254 g/mol. The van der Waals surface area contributed by atoms with E-state index >= 15 is 0 Å². The Bertz CT molecular complexity index is 441. The molecule has 0 spiro atoms. The first-order valence-electron chi connectivity index (χ1n) is 6.50. The van der Waals surface area contributed by atoms with Crippen LogP contribution >= 0.6 is 0 Å². The molecule has 20 heavy (non-hydrogen) atoms. The number of rotatable bonds is 8. The highest BCUT2D eigenvalue weighted by atomic mass is 16.5. The molecule has 0 amide bonds. The molecule has 1 aromatic rings. The van der Waals surface area contributed by atoms with Gasteiger partial charge in [0.05, 0.1) is 26.9 Å². The maximum absolute atomic E-state index is 5.68. The molecule has 0 unspecified atom stereocenters. The minimum absolute atomic E-state index is 0.418. The van der Waals surface area contributed by atoms with Gasteiger partial charge in [-0.15, -0.1) is 0 Å². The molecular formula is C15H23N3O2. The molecule has 5 nitrogen and oxygen atoms in total. The van der Waals surface area contributed by atoms with Crippen molar-refractivity contribution < 1.29 is 9.47 Å². The average molecular weight is 277 g/mol. The fourth-order valence-corrected chi connectivity index (χ4v) is 1.44. The van der Waals surface area contributed by atoms with Crippen LogP contribution in [0.1, 0.15) is 12.5 Å². The zero-order chi connectivity index (χ0) is 14.8. The van der Waals surface area contributed by atoms with Gasteiger partial charge in [0.25, 0.3) is 0 Å². The predicted molar refractivity (Wildman–Crippen MR) is 82.0 cm³/mol. The first kappa shape index (κ1) is 16.0. The molecule has 0 saturated heterocycles. The van der Waals surface area contributed by atoms with E-state index in [4.69, 9.17) is 15.2 Å². The molecule has 0 aliphatic rings. The van der Waals surface area contributed by atoms with E-state index in [0.717, 1.165) is 16.9 Å². The number of guanidine groups is 1. The fraction of sp³-hybridized carbons (Fsp3) is 0.400. The van der Waals surface area contributed by atoms with Gasteiger partial charge in [-0.3, -0.25) is 0 Å². The molecule has 0 aliphatic carbocycles. The summed E-state index contributed by atoms with van der Waals surface area (Å²) in [5, 5.41) is 2.98. The molecule has 1 rings (SSSR count). The average Bonchev–Trinajstić information content (AvgIpc) is 2.45. The lowest BCUT2D eigenvalue weighted by Crippen LogP contribution is -2.34. The molecule has 0 heterocycles. The molecule has 0 bridgehead atoms. The van der Waals surface area contributed by atoms with E-state index < -0.39 is 0 Å². The SMILES string of the molecule is C=C(C)CN=C(N)NCCOCc1ccc(OC)cc1. The number of nitrogens with zero attached hydrogens (tertiary/aromatic N) is 1. The van der Waals surface area contributed by atoms with Gasteiger partial charge in [0.1, 0.15) is 5.75 Å². The Kier molecular flexibility index (Phi) is 7.21. The minimum atomic E-state index is 0.418. The lowest BCUT2D eigenvalue weighted by atomic mass is 10.2. The lowest BCUT2D eigenvalue weighted by molar-refractivity contribution is 0.125. The number of nitrogens with two attached hydrogens (primary N) is 1. The van der Waals surface area contributed by atoms with E-state index in [1.165, 1.54) is 0 Å². The molecule has 0 aliphatic heterocycles. The van der Waals surface area contributed by atoms with Crippen molar-refractivity contribution in [3.05, 3.63) is 42.0 Å². The Balaban J connectivity index is 2.15. The van der Waals surface area contributed by atoms with Crippen LogP contribution < -0.4 is 15.8 Å². The predicted octanol–water partition coefficient (Wildman–Crippen LogP) is 1.69. The molecule has 110 valence electrons. The summed E-state index contributed by atoms with van der Waals surface area (Å²) in [5.74, 6) is 1.26. The van der Waals surface area contributed by atoms with Crippen LogP contribution in [0, 0.1) is 0 Å². The summed E-state index contributed by atoms with van der Waals surface area (Å²) in [6, 6.07) is 7.79. The van der Waals surface area contributed by atoms with Crippen LogP contribution in [0.4, 0.5) is 0 Å². The second-order valence-corrected chi connectivity index (χ2v) is 4.49. The number of methoxy groups -OCH3 is 1. The molecule has 1 aromatic carbocycles. The van der Waals surface area contributed by atoms with E-state index in [0.29, 0.717) is 32.3 Å². The number of ether oxygens (including phenoxy) is 2. The highest BCUT2D eigenvalue weighted by molar-refractivity contribution is 5.77.